The fraction of sp³-hybridized carbons (Fsp3) is 0.382. The first-order chi connectivity index (χ1) is 20.7. The van der Waals surface area contributed by atoms with Crippen LogP contribution in [0.25, 0.3) is 0 Å². The molecule has 0 radical (unpaired) electrons. The van der Waals surface area contributed by atoms with E-state index in [4.69, 9.17) is 4.74 Å². The van der Waals surface area contributed by atoms with E-state index in [-0.39, 0.29) is 64.7 Å². The lowest BCUT2D eigenvalue weighted by atomic mass is 9.55. The molecule has 7 rings (SSSR count). The molecule has 0 saturated heterocycles. The molecule has 2 aromatic carbocycles. The third-order valence-electron chi connectivity index (χ3n) is 10.3. The average molecular weight is 582 g/mol. The lowest BCUT2D eigenvalue weighted by Crippen LogP contribution is -2.54. The van der Waals surface area contributed by atoms with E-state index in [1.54, 1.807) is 36.4 Å². The van der Waals surface area contributed by atoms with Crippen LogP contribution in [-0.4, -0.2) is 57.9 Å². The maximum absolute atomic E-state index is 13.4. The number of carbonyl (C=O) groups excluding carboxylic acids is 5. The van der Waals surface area contributed by atoms with E-state index >= 15 is 0 Å². The smallest absolute Gasteiger partial charge is 0.338 e. The molecule has 1 unspecified atom stereocenters. The van der Waals surface area contributed by atoms with E-state index in [1.165, 1.54) is 24.3 Å². The molecule has 2 amide bonds. The summed E-state index contributed by atoms with van der Waals surface area (Å²) in [5.41, 5.74) is 0.159. The van der Waals surface area contributed by atoms with E-state index in [0.717, 1.165) is 23.3 Å². The number of amides is 2. The molecule has 1 heterocycles. The molecule has 0 bridgehead atoms. The Bertz CT molecular complexity index is 1610. The topological polar surface area (TPSA) is 138 Å². The number of esters is 1. The van der Waals surface area contributed by atoms with E-state index in [2.05, 4.69) is 0 Å². The van der Waals surface area contributed by atoms with Crippen LogP contribution in [0.4, 0.5) is 5.69 Å². The number of anilines is 1. The van der Waals surface area contributed by atoms with Crippen molar-refractivity contribution in [2.24, 2.45) is 29.6 Å². The Balaban J connectivity index is 1.03. The minimum Gasteiger partial charge on any atom is -0.454 e. The summed E-state index contributed by atoms with van der Waals surface area (Å²) in [5, 5.41) is 22.9. The number of carbonyl (C=O) groups is 5. The highest BCUT2D eigenvalue weighted by Gasteiger charge is 2.60. The van der Waals surface area contributed by atoms with Gasteiger partial charge in [-0.2, -0.15) is 0 Å². The molecule has 3 fully saturated rings. The number of hydrogen-bond donors (Lipinski definition) is 2. The summed E-state index contributed by atoms with van der Waals surface area (Å²) in [6, 6.07) is 12.4. The lowest BCUT2D eigenvalue weighted by Gasteiger charge is -2.51. The van der Waals surface area contributed by atoms with Crippen LogP contribution >= 0.6 is 0 Å². The fourth-order valence-corrected chi connectivity index (χ4v) is 8.39. The van der Waals surface area contributed by atoms with Gasteiger partial charge < -0.3 is 14.9 Å². The number of allylic oxidation sites excluding steroid dienone is 4. The molecule has 2 N–H and O–H groups in total. The Labute approximate surface area is 247 Å². The van der Waals surface area contributed by atoms with Gasteiger partial charge in [0.15, 0.2) is 12.4 Å². The minimum absolute atomic E-state index is 0.00572. The standard InChI is InChI=1S/C34H31NO8/c36-21-9-11-22-18(15-21)8-10-24-23-12-13-34(42,27(23)16-28(37)30(22)24)29(38)17-43-33(41)19-4-3-5-20(14-19)35-31(39)25-6-1-2-7-26(25)32(35)40/h1-7,9,11,14-15,22-24,27-28,30,37,42H,8,10,12-13,16-17H2/t22-,23-,24-,27-,28?,30+,34+/m0/s1. The summed E-state index contributed by atoms with van der Waals surface area (Å²) in [6.07, 6.45) is 7.06. The zero-order valence-electron chi connectivity index (χ0n) is 23.3. The number of imide groups is 1. The third kappa shape index (κ3) is 4.33. The van der Waals surface area contributed by atoms with Crippen molar-refractivity contribution in [3.05, 3.63) is 89.0 Å². The molecule has 43 heavy (non-hydrogen) atoms. The summed E-state index contributed by atoms with van der Waals surface area (Å²) < 4.78 is 5.35. The number of hydrogen-bond acceptors (Lipinski definition) is 8. The molecule has 5 aliphatic rings. The lowest BCUT2D eigenvalue weighted by molar-refractivity contribution is -0.153. The van der Waals surface area contributed by atoms with E-state index in [1.807, 2.05) is 6.08 Å². The molecule has 220 valence electrons. The Morgan fingerprint density at radius 1 is 0.977 bits per heavy atom. The number of benzene rings is 2. The van der Waals surface area contributed by atoms with Crippen molar-refractivity contribution >= 4 is 35.0 Å². The van der Waals surface area contributed by atoms with Gasteiger partial charge in [0.25, 0.3) is 11.8 Å². The van der Waals surface area contributed by atoms with Crippen LogP contribution in [0.15, 0.2) is 72.3 Å². The number of aliphatic hydroxyl groups excluding tert-OH is 1. The Morgan fingerprint density at radius 2 is 1.72 bits per heavy atom. The van der Waals surface area contributed by atoms with Gasteiger partial charge >= 0.3 is 5.97 Å². The number of Topliss-reactive ketones (excluding diaryl/α,β-unsaturated/α-hetero) is 1. The van der Waals surface area contributed by atoms with E-state index in [9.17, 15) is 34.2 Å². The van der Waals surface area contributed by atoms with Gasteiger partial charge in [0, 0.05) is 11.8 Å². The van der Waals surface area contributed by atoms with Gasteiger partial charge in [0.1, 0.15) is 5.60 Å². The second-order valence-electron chi connectivity index (χ2n) is 12.4. The maximum Gasteiger partial charge on any atom is 0.338 e. The zero-order valence-corrected chi connectivity index (χ0v) is 23.3. The molecule has 4 aliphatic carbocycles. The SMILES string of the molecule is O=C1C=C[C@H]2C(=C1)CC[C@H]1[C@@H]3CC[C@](O)(C(=O)COC(=O)c4cccc(N5C(=O)c6ccccc6C5=O)c4)[C@H]3CC(O)[C@@H]12. The van der Waals surface area contributed by atoms with Crippen LogP contribution in [0.3, 0.4) is 0 Å². The molecule has 0 spiro atoms. The molecule has 9 heteroatoms. The van der Waals surface area contributed by atoms with Crippen LogP contribution < -0.4 is 4.90 Å². The van der Waals surface area contributed by atoms with Gasteiger partial charge in [-0.3, -0.25) is 19.2 Å². The fourth-order valence-electron chi connectivity index (χ4n) is 8.39. The predicted molar refractivity (Wildman–Crippen MR) is 153 cm³/mol. The highest BCUT2D eigenvalue weighted by Crippen LogP contribution is 2.58. The van der Waals surface area contributed by atoms with Gasteiger partial charge in [-0.25, -0.2) is 9.69 Å². The molecule has 3 saturated carbocycles. The van der Waals surface area contributed by atoms with Crippen molar-refractivity contribution in [3.63, 3.8) is 0 Å². The normalized spacial score (nSPS) is 32.5. The molecule has 7 atom stereocenters. The van der Waals surface area contributed by atoms with Crippen molar-refractivity contribution in [1.29, 1.82) is 0 Å². The number of ketones is 2. The number of rotatable bonds is 5. The van der Waals surface area contributed by atoms with Crippen molar-refractivity contribution in [3.8, 4) is 0 Å². The summed E-state index contributed by atoms with van der Waals surface area (Å²) in [7, 11) is 0. The monoisotopic (exact) mass is 581 g/mol. The molecular weight excluding hydrogens is 550 g/mol. The Kier molecular flexibility index (Phi) is 6.55. The van der Waals surface area contributed by atoms with E-state index in [0.29, 0.717) is 6.42 Å². The van der Waals surface area contributed by atoms with Gasteiger partial charge in [-0.15, -0.1) is 0 Å². The van der Waals surface area contributed by atoms with Crippen molar-refractivity contribution in [1.82, 2.24) is 0 Å². The predicted octanol–water partition coefficient (Wildman–Crippen LogP) is 3.44. The van der Waals surface area contributed by atoms with Gasteiger partial charge in [-0.1, -0.05) is 29.8 Å². The summed E-state index contributed by atoms with van der Waals surface area (Å²) in [5.74, 6) is -2.79. The quantitative estimate of drug-likeness (QED) is 0.405. The summed E-state index contributed by atoms with van der Waals surface area (Å²) in [6.45, 7) is -0.639. The van der Waals surface area contributed by atoms with Crippen LogP contribution in [0.5, 0.6) is 0 Å². The molecular formula is C34H31NO8. The summed E-state index contributed by atoms with van der Waals surface area (Å²) >= 11 is 0. The van der Waals surface area contributed by atoms with Crippen LogP contribution in [-0.2, 0) is 14.3 Å². The Hall–Kier alpha value is -4.21. The highest BCUT2D eigenvalue weighted by molar-refractivity contribution is 6.34. The molecule has 0 aromatic heterocycles. The first kappa shape index (κ1) is 27.6. The molecule has 9 nitrogen and oxygen atoms in total. The second kappa shape index (κ2) is 10.2. The molecule has 1 aliphatic heterocycles. The number of aliphatic hydroxyl groups is 2. The number of ether oxygens (including phenoxy) is 1. The van der Waals surface area contributed by atoms with E-state index < -0.39 is 47.8 Å². The largest absolute Gasteiger partial charge is 0.454 e. The zero-order chi connectivity index (χ0) is 30.0. The number of fused-ring (bicyclic) bond motifs is 6. The number of nitrogens with zero attached hydrogens (tertiary/aromatic N) is 1. The first-order valence-electron chi connectivity index (χ1n) is 14.8. The van der Waals surface area contributed by atoms with Crippen LogP contribution in [0.2, 0.25) is 0 Å². The minimum atomic E-state index is -1.71. The molecule has 2 aromatic rings. The highest BCUT2D eigenvalue weighted by atomic mass is 16.5. The van der Waals surface area contributed by atoms with Gasteiger partial charge in [0.2, 0.25) is 5.78 Å². The summed E-state index contributed by atoms with van der Waals surface area (Å²) in [4.78, 5) is 65.0. The Morgan fingerprint density at radius 3 is 2.47 bits per heavy atom. The van der Waals surface area contributed by atoms with Crippen LogP contribution in [0, 0.1) is 29.6 Å². The second-order valence-corrected chi connectivity index (χ2v) is 12.4. The van der Waals surface area contributed by atoms with Gasteiger partial charge in [0.05, 0.1) is 28.5 Å². The van der Waals surface area contributed by atoms with Crippen molar-refractivity contribution in [2.75, 3.05) is 11.5 Å². The van der Waals surface area contributed by atoms with Crippen LogP contribution in [0.1, 0.15) is 63.2 Å². The van der Waals surface area contributed by atoms with Crippen molar-refractivity contribution in [2.45, 2.75) is 43.8 Å². The third-order valence-corrected chi connectivity index (χ3v) is 10.3. The van der Waals surface area contributed by atoms with Gasteiger partial charge in [-0.05, 0) is 92.3 Å². The maximum atomic E-state index is 13.4. The van der Waals surface area contributed by atoms with Crippen molar-refractivity contribution < 1.29 is 38.9 Å². The average Bonchev–Trinajstić information content (AvgIpc) is 3.49. The first-order valence-corrected chi connectivity index (χ1v) is 14.8.